The van der Waals surface area contributed by atoms with Crippen LogP contribution in [0.3, 0.4) is 0 Å². The summed E-state index contributed by atoms with van der Waals surface area (Å²) in [5.74, 6) is 7.34. The zero-order chi connectivity index (χ0) is 57.3. The molecule has 466 valence electrons. The fraction of sp³-hybridized carbons (Fsp3) is 0.769. The standard InChI is InChI=1S/C78H134N2.Ni/c1-7-13-19-21-23-25-27-29-31-33-35-37-38-40-42-44-46-48-50-52-54-56-58-64-78(80-76-68-66-72(60-16-10-4)74(70-76)62-18-12-6)77(79-75-67-65-71(59-15-9-3)73(69-75)61-17-11-5)63-57-55-53-51-49-47-45-43-41-39-36-34-32-30-28-26-24-22-20-14-8-2;/h57,63,65-70H,7-56,59-62H2,1-6H3;/b63-57+,79-77+,80-78+;. The van der Waals surface area contributed by atoms with Crippen molar-refractivity contribution in [2.45, 2.75) is 388 Å². The molecule has 3 heteroatoms. The average Bonchev–Trinajstić information content (AvgIpc) is 3.50. The molecule has 0 saturated heterocycles. The van der Waals surface area contributed by atoms with Gasteiger partial charge in [0.15, 0.2) is 0 Å². The molecule has 0 saturated carbocycles. The van der Waals surface area contributed by atoms with Crippen LogP contribution in [0.25, 0.3) is 0 Å². The molecular weight excluding hydrogens is 1020 g/mol. The molecule has 0 aliphatic rings. The van der Waals surface area contributed by atoms with E-state index < -0.39 is 0 Å². The third kappa shape index (κ3) is 44.7. The molecule has 0 atom stereocenters. The zero-order valence-electron chi connectivity index (χ0n) is 55.0. The van der Waals surface area contributed by atoms with Gasteiger partial charge in [0.05, 0.1) is 17.1 Å². The Bertz CT molecular complexity index is 1840. The number of aryl methyl sites for hydroxylation is 4. The molecule has 0 N–H and O–H groups in total. The molecule has 81 heavy (non-hydrogen) atoms. The first kappa shape index (κ1) is 76.6. The molecule has 2 aromatic carbocycles. The fourth-order valence-corrected chi connectivity index (χ4v) is 11.7. The van der Waals surface area contributed by atoms with Gasteiger partial charge in [0.25, 0.3) is 0 Å². The number of unbranched alkanes of at least 4 members (excludes halogenated alkanes) is 44. The zero-order valence-corrected chi connectivity index (χ0v) is 56.0. The Morgan fingerprint density at radius 1 is 0.321 bits per heavy atom. The summed E-state index contributed by atoms with van der Waals surface area (Å²) in [6.45, 7) is 13.9. The third-order valence-electron chi connectivity index (χ3n) is 17.2. The molecule has 0 radical (unpaired) electrons. The largest absolute Gasteiger partial charge is 0.246 e. The van der Waals surface area contributed by atoms with E-state index in [4.69, 9.17) is 9.98 Å². The molecule has 0 heterocycles. The van der Waals surface area contributed by atoms with E-state index in [9.17, 15) is 0 Å². The van der Waals surface area contributed by atoms with Gasteiger partial charge in [0.1, 0.15) is 5.71 Å². The predicted octanol–water partition coefficient (Wildman–Crippen LogP) is 26.9. The Balaban J connectivity index is 0.0000328. The van der Waals surface area contributed by atoms with Gasteiger partial charge in [-0.3, -0.25) is 0 Å². The summed E-state index contributed by atoms with van der Waals surface area (Å²) in [4.78, 5) is 11.0. The van der Waals surface area contributed by atoms with Crippen molar-refractivity contribution in [1.29, 1.82) is 0 Å². The van der Waals surface area contributed by atoms with Gasteiger partial charge in [0, 0.05) is 22.9 Å². The van der Waals surface area contributed by atoms with E-state index in [2.05, 4.69) is 102 Å². The number of hydrogen-bond donors (Lipinski definition) is 0. The molecule has 2 nitrogen and oxygen atoms in total. The summed E-state index contributed by atoms with van der Waals surface area (Å²) in [5.41, 5.74) is 9.74. The first-order chi connectivity index (χ1) is 39.6. The first-order valence-electron chi connectivity index (χ1n) is 36.2. The Labute approximate surface area is 517 Å². The van der Waals surface area contributed by atoms with Crippen LogP contribution >= 0.6 is 0 Å². The van der Waals surface area contributed by atoms with Crippen LogP contribution in [0.2, 0.25) is 0 Å². The van der Waals surface area contributed by atoms with E-state index in [-0.39, 0.29) is 16.5 Å². The van der Waals surface area contributed by atoms with Crippen LogP contribution in [0.1, 0.15) is 385 Å². The number of hydrogen-bond acceptors (Lipinski definition) is 2. The van der Waals surface area contributed by atoms with Crippen molar-refractivity contribution < 1.29 is 16.5 Å². The van der Waals surface area contributed by atoms with Crippen LogP contribution < -0.4 is 0 Å². The van der Waals surface area contributed by atoms with Crippen molar-refractivity contribution in [3.8, 4) is 11.8 Å². The van der Waals surface area contributed by atoms with Crippen LogP contribution in [0.15, 0.2) is 58.5 Å². The normalized spacial score (nSPS) is 11.9. The van der Waals surface area contributed by atoms with E-state index in [0.29, 0.717) is 0 Å². The summed E-state index contributed by atoms with van der Waals surface area (Å²) in [6.07, 6.45) is 77.4. The van der Waals surface area contributed by atoms with Crippen LogP contribution in [0.4, 0.5) is 11.4 Å². The van der Waals surface area contributed by atoms with Gasteiger partial charge in [-0.05, 0) is 129 Å². The topological polar surface area (TPSA) is 24.7 Å². The average molecular weight is 1160 g/mol. The smallest absolute Gasteiger partial charge is 0.139 e. The van der Waals surface area contributed by atoms with Crippen molar-refractivity contribution in [3.05, 3.63) is 70.8 Å². The maximum Gasteiger partial charge on any atom is 0.139 e. The quantitative estimate of drug-likeness (QED) is 0.0273. The van der Waals surface area contributed by atoms with Crippen molar-refractivity contribution in [1.82, 2.24) is 0 Å². The number of nitrogens with zero attached hydrogens (tertiary/aromatic N) is 2. The third-order valence-corrected chi connectivity index (χ3v) is 17.2. The minimum Gasteiger partial charge on any atom is -0.246 e. The molecule has 0 spiro atoms. The number of allylic oxidation sites excluding steroid dienone is 2. The summed E-state index contributed by atoms with van der Waals surface area (Å²) >= 11 is 0. The molecule has 2 aromatic rings. The fourth-order valence-electron chi connectivity index (χ4n) is 11.7. The maximum atomic E-state index is 5.50. The van der Waals surface area contributed by atoms with Crippen molar-refractivity contribution in [2.75, 3.05) is 0 Å². The SMILES string of the molecule is CCCCCCCCCCCCCCCCCCCCC/C=C/C(=N\c1ccc(CCCC)c(CCCC)c1)C(/C#CCCCCCCCCCCCCCCCCCCCCCCC)=N/c1ccc(CCCC)c(CCCC)c1.[Ni]. The van der Waals surface area contributed by atoms with Gasteiger partial charge in [-0.25, -0.2) is 9.98 Å². The molecular formula is C78H134N2Ni. The van der Waals surface area contributed by atoms with Crippen LogP contribution in [0.5, 0.6) is 0 Å². The molecule has 0 aliphatic carbocycles. The van der Waals surface area contributed by atoms with Crippen LogP contribution in [0, 0.1) is 11.8 Å². The van der Waals surface area contributed by atoms with Gasteiger partial charge in [0.2, 0.25) is 0 Å². The van der Waals surface area contributed by atoms with E-state index in [1.165, 1.54) is 324 Å². The minimum absolute atomic E-state index is 0. The van der Waals surface area contributed by atoms with Gasteiger partial charge in [-0.1, -0.05) is 335 Å². The summed E-state index contributed by atoms with van der Waals surface area (Å²) in [5, 5.41) is 0. The van der Waals surface area contributed by atoms with E-state index in [1.807, 2.05) is 0 Å². The van der Waals surface area contributed by atoms with Crippen LogP contribution in [-0.2, 0) is 42.2 Å². The molecule has 0 aromatic heterocycles. The van der Waals surface area contributed by atoms with Crippen molar-refractivity contribution in [3.63, 3.8) is 0 Å². The summed E-state index contributed by atoms with van der Waals surface area (Å²) in [6, 6.07) is 14.0. The molecule has 0 amide bonds. The maximum absolute atomic E-state index is 5.50. The van der Waals surface area contributed by atoms with Crippen molar-refractivity contribution in [2.24, 2.45) is 9.98 Å². The first-order valence-corrected chi connectivity index (χ1v) is 36.2. The molecule has 0 unspecified atom stereocenters. The van der Waals surface area contributed by atoms with E-state index >= 15 is 0 Å². The van der Waals surface area contributed by atoms with Gasteiger partial charge >= 0.3 is 0 Å². The molecule has 0 aliphatic heterocycles. The monoisotopic (exact) mass is 1160 g/mol. The summed E-state index contributed by atoms with van der Waals surface area (Å²) < 4.78 is 0. The second kappa shape index (κ2) is 59.3. The number of benzene rings is 2. The predicted molar refractivity (Wildman–Crippen MR) is 364 cm³/mol. The van der Waals surface area contributed by atoms with Crippen molar-refractivity contribution >= 4 is 22.8 Å². The second-order valence-electron chi connectivity index (χ2n) is 25.0. The Morgan fingerprint density at radius 3 is 0.938 bits per heavy atom. The molecule has 0 bridgehead atoms. The number of aliphatic imine (C=N–C) groups is 2. The molecule has 2 rings (SSSR count). The van der Waals surface area contributed by atoms with Gasteiger partial charge < -0.3 is 0 Å². The Hall–Kier alpha value is -2.43. The van der Waals surface area contributed by atoms with E-state index in [0.717, 1.165) is 67.7 Å². The Morgan fingerprint density at radius 2 is 0.605 bits per heavy atom. The molecule has 0 fully saturated rings. The van der Waals surface area contributed by atoms with Crippen LogP contribution in [-0.4, -0.2) is 11.4 Å². The number of rotatable bonds is 57. The van der Waals surface area contributed by atoms with E-state index in [1.54, 1.807) is 0 Å². The second-order valence-corrected chi connectivity index (χ2v) is 25.0. The van der Waals surface area contributed by atoms with Gasteiger partial charge in [-0.15, -0.1) is 0 Å². The van der Waals surface area contributed by atoms with Gasteiger partial charge in [-0.2, -0.15) is 0 Å². The minimum atomic E-state index is 0. The Kier molecular flexibility index (Phi) is 56.1. The summed E-state index contributed by atoms with van der Waals surface area (Å²) in [7, 11) is 0.